The zero-order chi connectivity index (χ0) is 18.1. The van der Waals surface area contributed by atoms with E-state index in [9.17, 15) is 4.79 Å². The van der Waals surface area contributed by atoms with Gasteiger partial charge in [0.15, 0.2) is 0 Å². The Morgan fingerprint density at radius 2 is 1.73 bits per heavy atom. The lowest BCUT2D eigenvalue weighted by molar-refractivity contribution is 0.0993. The number of rotatable bonds is 4. The van der Waals surface area contributed by atoms with E-state index in [1.807, 2.05) is 84.6 Å². The van der Waals surface area contributed by atoms with E-state index in [0.717, 1.165) is 33.8 Å². The van der Waals surface area contributed by atoms with Crippen LogP contribution in [0, 0.1) is 6.92 Å². The fraction of sp³-hybridized carbons (Fsp3) is 0.136. The number of nitrogens with zero attached hydrogens (tertiary/aromatic N) is 1. The van der Waals surface area contributed by atoms with Gasteiger partial charge in [0, 0.05) is 28.6 Å². The molecule has 0 saturated heterocycles. The maximum atomic E-state index is 13.1. The van der Waals surface area contributed by atoms with E-state index >= 15 is 0 Å². The highest BCUT2D eigenvalue weighted by atomic mass is 16.5. The van der Waals surface area contributed by atoms with Gasteiger partial charge in [0.2, 0.25) is 0 Å². The molecule has 0 radical (unpaired) electrons. The predicted molar refractivity (Wildman–Crippen MR) is 104 cm³/mol. The Labute approximate surface area is 153 Å². The number of carbonyl (C=O) groups excluding carboxylic acids is 1. The Bertz CT molecular complexity index is 968. The standard InChI is InChI=1S/C22H20N2O2/c1-15-8-3-6-13-20(15)24-21(18-11-4-5-12-19(18)22(24)25)23-16-9-7-10-17(14-16)26-2/h3-14,21,23H,1-2H3. The fourth-order valence-electron chi connectivity index (χ4n) is 3.41. The summed E-state index contributed by atoms with van der Waals surface area (Å²) in [5.74, 6) is 0.783. The Morgan fingerprint density at radius 3 is 2.54 bits per heavy atom. The van der Waals surface area contributed by atoms with Crippen LogP contribution in [-0.4, -0.2) is 13.0 Å². The molecule has 130 valence electrons. The first-order valence-corrected chi connectivity index (χ1v) is 8.58. The zero-order valence-electron chi connectivity index (χ0n) is 14.8. The molecule has 0 aliphatic carbocycles. The van der Waals surface area contributed by atoms with Crippen LogP contribution in [-0.2, 0) is 0 Å². The van der Waals surface area contributed by atoms with Gasteiger partial charge in [0.1, 0.15) is 11.9 Å². The molecule has 4 rings (SSSR count). The summed E-state index contributed by atoms with van der Waals surface area (Å²) < 4.78 is 5.32. The van der Waals surface area contributed by atoms with Gasteiger partial charge in [-0.3, -0.25) is 9.69 Å². The predicted octanol–water partition coefficient (Wildman–Crippen LogP) is 4.77. The van der Waals surface area contributed by atoms with Crippen molar-refractivity contribution in [3.05, 3.63) is 89.5 Å². The number of benzene rings is 3. The monoisotopic (exact) mass is 344 g/mol. The molecule has 1 amide bonds. The molecule has 26 heavy (non-hydrogen) atoms. The van der Waals surface area contributed by atoms with Crippen LogP contribution in [0.5, 0.6) is 5.75 Å². The number of para-hydroxylation sites is 1. The molecule has 0 fully saturated rings. The minimum absolute atomic E-state index is 0.00953. The van der Waals surface area contributed by atoms with Crippen LogP contribution in [0.15, 0.2) is 72.8 Å². The molecule has 1 heterocycles. The maximum absolute atomic E-state index is 13.1. The third-order valence-corrected chi connectivity index (χ3v) is 4.71. The van der Waals surface area contributed by atoms with Crippen molar-refractivity contribution in [1.29, 1.82) is 0 Å². The highest BCUT2D eigenvalue weighted by Gasteiger charge is 2.38. The number of carbonyl (C=O) groups is 1. The van der Waals surface area contributed by atoms with Gasteiger partial charge in [-0.25, -0.2) is 0 Å². The van der Waals surface area contributed by atoms with Crippen molar-refractivity contribution in [2.75, 3.05) is 17.3 Å². The third kappa shape index (κ3) is 2.69. The fourth-order valence-corrected chi connectivity index (χ4v) is 3.41. The number of ether oxygens (including phenoxy) is 1. The summed E-state index contributed by atoms with van der Waals surface area (Å²) in [7, 11) is 1.65. The minimum atomic E-state index is -0.271. The van der Waals surface area contributed by atoms with Crippen LogP contribution < -0.4 is 15.0 Å². The summed E-state index contributed by atoms with van der Waals surface area (Å²) in [4.78, 5) is 15.0. The average molecular weight is 344 g/mol. The maximum Gasteiger partial charge on any atom is 0.260 e. The topological polar surface area (TPSA) is 41.6 Å². The number of methoxy groups -OCH3 is 1. The van der Waals surface area contributed by atoms with Gasteiger partial charge < -0.3 is 10.1 Å². The largest absolute Gasteiger partial charge is 0.497 e. The molecule has 0 spiro atoms. The molecule has 3 aromatic rings. The van der Waals surface area contributed by atoms with E-state index in [-0.39, 0.29) is 12.1 Å². The summed E-state index contributed by atoms with van der Waals surface area (Å²) in [5, 5.41) is 3.50. The van der Waals surface area contributed by atoms with Crippen LogP contribution in [0.1, 0.15) is 27.7 Å². The van der Waals surface area contributed by atoms with Gasteiger partial charge in [0.25, 0.3) is 5.91 Å². The zero-order valence-corrected chi connectivity index (χ0v) is 14.8. The lowest BCUT2D eigenvalue weighted by Gasteiger charge is -2.28. The van der Waals surface area contributed by atoms with E-state index in [4.69, 9.17) is 4.74 Å². The molecular formula is C22H20N2O2. The SMILES string of the molecule is COc1cccc(NC2c3ccccc3C(=O)N2c2ccccc2C)c1. The highest BCUT2D eigenvalue weighted by Crippen LogP contribution is 2.39. The first-order valence-electron chi connectivity index (χ1n) is 8.58. The van der Waals surface area contributed by atoms with Crippen molar-refractivity contribution < 1.29 is 9.53 Å². The molecule has 1 aliphatic heterocycles. The van der Waals surface area contributed by atoms with Crippen LogP contribution in [0.4, 0.5) is 11.4 Å². The second-order valence-electron chi connectivity index (χ2n) is 6.33. The van der Waals surface area contributed by atoms with E-state index < -0.39 is 0 Å². The van der Waals surface area contributed by atoms with E-state index in [0.29, 0.717) is 0 Å². The normalized spacial score (nSPS) is 15.7. The molecule has 3 aromatic carbocycles. The summed E-state index contributed by atoms with van der Waals surface area (Å²) >= 11 is 0. The third-order valence-electron chi connectivity index (χ3n) is 4.71. The van der Waals surface area contributed by atoms with Crippen molar-refractivity contribution in [2.24, 2.45) is 0 Å². The van der Waals surface area contributed by atoms with Gasteiger partial charge in [-0.05, 0) is 36.8 Å². The summed E-state index contributed by atoms with van der Waals surface area (Å²) in [5.41, 5.74) is 4.58. The van der Waals surface area contributed by atoms with Crippen molar-refractivity contribution in [2.45, 2.75) is 13.1 Å². The number of hydrogen-bond donors (Lipinski definition) is 1. The number of amides is 1. The van der Waals surface area contributed by atoms with Gasteiger partial charge in [0.05, 0.1) is 7.11 Å². The first kappa shape index (κ1) is 16.2. The summed E-state index contributed by atoms with van der Waals surface area (Å²) in [6.45, 7) is 2.02. The van der Waals surface area contributed by atoms with Crippen LogP contribution >= 0.6 is 0 Å². The molecule has 1 N–H and O–H groups in total. The Morgan fingerprint density at radius 1 is 0.962 bits per heavy atom. The molecule has 4 heteroatoms. The van der Waals surface area contributed by atoms with E-state index in [1.54, 1.807) is 7.11 Å². The lowest BCUT2D eigenvalue weighted by atomic mass is 10.1. The van der Waals surface area contributed by atoms with Gasteiger partial charge in [-0.1, -0.05) is 42.5 Å². The molecule has 0 bridgehead atoms. The minimum Gasteiger partial charge on any atom is -0.497 e. The van der Waals surface area contributed by atoms with Crippen molar-refractivity contribution in [3.63, 3.8) is 0 Å². The second kappa shape index (κ2) is 6.56. The quantitative estimate of drug-likeness (QED) is 0.741. The number of anilines is 2. The van der Waals surface area contributed by atoms with Gasteiger partial charge in [-0.2, -0.15) is 0 Å². The summed E-state index contributed by atoms with van der Waals surface area (Å²) in [6.07, 6.45) is -0.271. The molecule has 1 aliphatic rings. The van der Waals surface area contributed by atoms with Crippen molar-refractivity contribution >= 4 is 17.3 Å². The van der Waals surface area contributed by atoms with Gasteiger partial charge >= 0.3 is 0 Å². The molecule has 1 atom stereocenters. The Kier molecular flexibility index (Phi) is 4.09. The Balaban J connectivity index is 1.80. The van der Waals surface area contributed by atoms with Crippen LogP contribution in [0.3, 0.4) is 0 Å². The van der Waals surface area contributed by atoms with Crippen LogP contribution in [0.25, 0.3) is 0 Å². The van der Waals surface area contributed by atoms with Gasteiger partial charge in [-0.15, -0.1) is 0 Å². The van der Waals surface area contributed by atoms with Crippen molar-refractivity contribution in [1.82, 2.24) is 0 Å². The number of hydrogen-bond acceptors (Lipinski definition) is 3. The first-order chi connectivity index (χ1) is 12.7. The molecular weight excluding hydrogens is 324 g/mol. The molecule has 0 saturated carbocycles. The average Bonchev–Trinajstić information content (AvgIpc) is 2.95. The molecule has 1 unspecified atom stereocenters. The van der Waals surface area contributed by atoms with Crippen LogP contribution in [0.2, 0.25) is 0 Å². The van der Waals surface area contributed by atoms with E-state index in [1.165, 1.54) is 0 Å². The molecule has 0 aromatic heterocycles. The molecule has 4 nitrogen and oxygen atoms in total. The number of aryl methyl sites for hydroxylation is 1. The lowest BCUT2D eigenvalue weighted by Crippen LogP contribution is -2.32. The Hall–Kier alpha value is -3.27. The smallest absolute Gasteiger partial charge is 0.260 e. The number of nitrogens with one attached hydrogen (secondary N) is 1. The second-order valence-corrected chi connectivity index (χ2v) is 6.33. The number of fused-ring (bicyclic) bond motifs is 1. The van der Waals surface area contributed by atoms with E-state index in [2.05, 4.69) is 5.32 Å². The highest BCUT2D eigenvalue weighted by molar-refractivity contribution is 6.11. The summed E-state index contributed by atoms with van der Waals surface area (Å²) in [6, 6.07) is 23.4. The van der Waals surface area contributed by atoms with Crippen molar-refractivity contribution in [3.8, 4) is 5.75 Å².